The van der Waals surface area contributed by atoms with Crippen LogP contribution < -0.4 is 10.2 Å². The number of ether oxygens (including phenoxy) is 1. The highest BCUT2D eigenvalue weighted by Crippen LogP contribution is 2.12. The van der Waals surface area contributed by atoms with E-state index in [-0.39, 0.29) is 12.0 Å². The largest absolute Gasteiger partial charge is 0.487 e. The predicted molar refractivity (Wildman–Crippen MR) is 82.1 cm³/mol. The van der Waals surface area contributed by atoms with Crippen molar-refractivity contribution in [3.63, 3.8) is 0 Å². The summed E-state index contributed by atoms with van der Waals surface area (Å²) in [7, 11) is 1.83. The van der Waals surface area contributed by atoms with E-state index in [0.717, 1.165) is 11.3 Å². The van der Waals surface area contributed by atoms with Crippen molar-refractivity contribution >= 4 is 0 Å². The van der Waals surface area contributed by atoms with Crippen LogP contribution >= 0.6 is 0 Å². The maximum absolute atomic E-state index is 11.9. The summed E-state index contributed by atoms with van der Waals surface area (Å²) < 4.78 is 8.92. The van der Waals surface area contributed by atoms with Crippen LogP contribution in [-0.2, 0) is 13.7 Å². The Kier molecular flexibility index (Phi) is 3.74. The minimum Gasteiger partial charge on any atom is -0.487 e. The zero-order valence-corrected chi connectivity index (χ0v) is 12.4. The van der Waals surface area contributed by atoms with Crippen LogP contribution in [0.3, 0.4) is 0 Å². The number of rotatable bonds is 4. The molecule has 0 bridgehead atoms. The van der Waals surface area contributed by atoms with Gasteiger partial charge in [-0.25, -0.2) is 4.68 Å². The van der Waals surface area contributed by atoms with Gasteiger partial charge in [0, 0.05) is 19.3 Å². The first-order chi connectivity index (χ1) is 10.6. The molecule has 0 aliphatic rings. The second-order valence-corrected chi connectivity index (χ2v) is 5.05. The standard InChI is InChI=1S/C16H16N4O2/c1-12-3-5-14(6-4-12)22-11-15-16(21)7-8-20(18-15)13-9-17-19(2)10-13/h3-10H,11H2,1-2H3. The highest BCUT2D eigenvalue weighted by atomic mass is 16.5. The SMILES string of the molecule is Cc1ccc(OCc2nn(-c3cnn(C)c3)ccc2=O)cc1. The monoisotopic (exact) mass is 296 g/mol. The summed E-state index contributed by atoms with van der Waals surface area (Å²) in [6, 6.07) is 9.15. The number of aryl methyl sites for hydroxylation is 2. The Balaban J connectivity index is 1.81. The molecule has 0 aliphatic heterocycles. The van der Waals surface area contributed by atoms with Crippen molar-refractivity contribution in [3.8, 4) is 11.4 Å². The second-order valence-electron chi connectivity index (χ2n) is 5.05. The fraction of sp³-hybridized carbons (Fsp3) is 0.188. The Morgan fingerprint density at radius 3 is 2.64 bits per heavy atom. The van der Waals surface area contributed by atoms with E-state index in [1.54, 1.807) is 21.8 Å². The van der Waals surface area contributed by atoms with Crippen molar-refractivity contribution in [1.82, 2.24) is 19.6 Å². The van der Waals surface area contributed by atoms with E-state index < -0.39 is 0 Å². The van der Waals surface area contributed by atoms with E-state index in [0.29, 0.717) is 11.4 Å². The van der Waals surface area contributed by atoms with Gasteiger partial charge in [-0.05, 0) is 19.1 Å². The van der Waals surface area contributed by atoms with Crippen molar-refractivity contribution < 1.29 is 4.74 Å². The summed E-state index contributed by atoms with van der Waals surface area (Å²) in [5, 5.41) is 8.41. The van der Waals surface area contributed by atoms with Gasteiger partial charge in [0.1, 0.15) is 23.7 Å². The molecule has 6 heteroatoms. The molecule has 0 spiro atoms. The summed E-state index contributed by atoms with van der Waals surface area (Å²) in [6.07, 6.45) is 5.12. The highest BCUT2D eigenvalue weighted by molar-refractivity contribution is 5.27. The molecule has 0 radical (unpaired) electrons. The van der Waals surface area contributed by atoms with E-state index >= 15 is 0 Å². The van der Waals surface area contributed by atoms with E-state index in [9.17, 15) is 4.79 Å². The van der Waals surface area contributed by atoms with Gasteiger partial charge >= 0.3 is 0 Å². The molecule has 0 saturated heterocycles. The number of benzene rings is 1. The van der Waals surface area contributed by atoms with Gasteiger partial charge in [0.15, 0.2) is 0 Å². The third kappa shape index (κ3) is 3.06. The number of nitrogens with zero attached hydrogens (tertiary/aromatic N) is 4. The molecule has 0 fully saturated rings. The Hall–Kier alpha value is -2.89. The first-order valence-corrected chi connectivity index (χ1v) is 6.89. The van der Waals surface area contributed by atoms with Gasteiger partial charge in [-0.3, -0.25) is 9.48 Å². The van der Waals surface area contributed by atoms with Crippen LogP contribution in [0, 0.1) is 6.92 Å². The summed E-state index contributed by atoms with van der Waals surface area (Å²) >= 11 is 0. The topological polar surface area (TPSA) is 61.9 Å². The Morgan fingerprint density at radius 2 is 1.95 bits per heavy atom. The van der Waals surface area contributed by atoms with Gasteiger partial charge in [0.2, 0.25) is 5.43 Å². The molecule has 3 rings (SSSR count). The molecular formula is C16H16N4O2. The average Bonchev–Trinajstić information content (AvgIpc) is 2.95. The Bertz CT molecular complexity index is 834. The molecule has 0 amide bonds. The van der Waals surface area contributed by atoms with Crippen LogP contribution in [0.4, 0.5) is 0 Å². The third-order valence-corrected chi connectivity index (χ3v) is 3.23. The van der Waals surface area contributed by atoms with Gasteiger partial charge in [-0.2, -0.15) is 10.2 Å². The normalized spacial score (nSPS) is 10.6. The van der Waals surface area contributed by atoms with Gasteiger partial charge in [0.25, 0.3) is 0 Å². The van der Waals surface area contributed by atoms with Gasteiger partial charge < -0.3 is 4.74 Å². The third-order valence-electron chi connectivity index (χ3n) is 3.23. The lowest BCUT2D eigenvalue weighted by Gasteiger charge is -2.07. The van der Waals surface area contributed by atoms with Crippen LogP contribution in [0.1, 0.15) is 11.3 Å². The molecular weight excluding hydrogens is 280 g/mol. The van der Waals surface area contributed by atoms with Crippen LogP contribution in [0.2, 0.25) is 0 Å². The second kappa shape index (κ2) is 5.85. The number of aromatic nitrogens is 4. The maximum atomic E-state index is 11.9. The molecule has 0 atom stereocenters. The van der Waals surface area contributed by atoms with Gasteiger partial charge in [-0.15, -0.1) is 0 Å². The fourth-order valence-electron chi connectivity index (χ4n) is 2.00. The molecule has 0 aliphatic carbocycles. The molecule has 2 heterocycles. The molecule has 3 aromatic rings. The molecule has 1 aromatic carbocycles. The molecule has 2 aromatic heterocycles. The summed E-state index contributed by atoms with van der Waals surface area (Å²) in [5.74, 6) is 0.712. The summed E-state index contributed by atoms with van der Waals surface area (Å²) in [5.41, 5.74) is 2.15. The first-order valence-electron chi connectivity index (χ1n) is 6.89. The van der Waals surface area contributed by atoms with E-state index in [4.69, 9.17) is 4.74 Å². The van der Waals surface area contributed by atoms with Crippen LogP contribution in [-0.4, -0.2) is 19.6 Å². The molecule has 0 N–H and O–H groups in total. The average molecular weight is 296 g/mol. The molecule has 0 unspecified atom stereocenters. The quantitative estimate of drug-likeness (QED) is 0.737. The van der Waals surface area contributed by atoms with Crippen LogP contribution in [0.5, 0.6) is 5.75 Å². The smallest absolute Gasteiger partial charge is 0.206 e. The van der Waals surface area contributed by atoms with Crippen molar-refractivity contribution in [1.29, 1.82) is 0 Å². The minimum atomic E-state index is -0.146. The van der Waals surface area contributed by atoms with E-state index in [1.807, 2.05) is 44.4 Å². The molecule has 112 valence electrons. The Labute approximate surface area is 127 Å². The lowest BCUT2D eigenvalue weighted by atomic mass is 10.2. The zero-order valence-electron chi connectivity index (χ0n) is 12.4. The number of hydrogen-bond donors (Lipinski definition) is 0. The highest BCUT2D eigenvalue weighted by Gasteiger charge is 2.06. The maximum Gasteiger partial charge on any atom is 0.206 e. The fourth-order valence-corrected chi connectivity index (χ4v) is 2.00. The summed E-state index contributed by atoms with van der Waals surface area (Å²) in [6.45, 7) is 2.14. The first kappa shape index (κ1) is 14.1. The van der Waals surface area contributed by atoms with E-state index in [1.165, 1.54) is 6.07 Å². The number of hydrogen-bond acceptors (Lipinski definition) is 4. The molecule has 0 saturated carbocycles. The Morgan fingerprint density at radius 1 is 1.18 bits per heavy atom. The zero-order chi connectivity index (χ0) is 15.5. The minimum absolute atomic E-state index is 0.128. The lowest BCUT2D eigenvalue weighted by Crippen LogP contribution is -2.17. The summed E-state index contributed by atoms with van der Waals surface area (Å²) in [4.78, 5) is 11.9. The van der Waals surface area contributed by atoms with Crippen molar-refractivity contribution in [2.24, 2.45) is 7.05 Å². The predicted octanol–water partition coefficient (Wildman–Crippen LogP) is 1.85. The van der Waals surface area contributed by atoms with Crippen LogP contribution in [0.25, 0.3) is 5.69 Å². The van der Waals surface area contributed by atoms with Crippen molar-refractivity contribution in [3.05, 3.63) is 70.4 Å². The van der Waals surface area contributed by atoms with Gasteiger partial charge in [-0.1, -0.05) is 17.7 Å². The molecule has 22 heavy (non-hydrogen) atoms. The van der Waals surface area contributed by atoms with Gasteiger partial charge in [0.05, 0.1) is 12.4 Å². The molecule has 6 nitrogen and oxygen atoms in total. The van der Waals surface area contributed by atoms with Crippen molar-refractivity contribution in [2.45, 2.75) is 13.5 Å². The van der Waals surface area contributed by atoms with Crippen LogP contribution in [0.15, 0.2) is 53.7 Å². The van der Waals surface area contributed by atoms with E-state index in [2.05, 4.69) is 10.2 Å². The lowest BCUT2D eigenvalue weighted by molar-refractivity contribution is 0.297. The van der Waals surface area contributed by atoms with Crippen molar-refractivity contribution in [2.75, 3.05) is 0 Å².